The lowest BCUT2D eigenvalue weighted by Crippen LogP contribution is -2.20. The minimum atomic E-state index is -0.446. The molecule has 2 aromatic rings. The molecule has 0 saturated heterocycles. The van der Waals surface area contributed by atoms with Crippen molar-refractivity contribution in [3.8, 4) is 22.6 Å². The van der Waals surface area contributed by atoms with Gasteiger partial charge in [0.25, 0.3) is 0 Å². The van der Waals surface area contributed by atoms with Gasteiger partial charge >= 0.3 is 0 Å². The van der Waals surface area contributed by atoms with Gasteiger partial charge in [0, 0.05) is 0 Å². The Bertz CT molecular complexity index is 767. The Labute approximate surface area is 166 Å². The van der Waals surface area contributed by atoms with Crippen LogP contribution in [-0.4, -0.2) is 13.2 Å². The number of benzene rings is 2. The topological polar surface area (TPSA) is 18.5 Å². The van der Waals surface area contributed by atoms with Gasteiger partial charge in [-0.05, 0) is 67.0 Å². The van der Waals surface area contributed by atoms with Crippen molar-refractivity contribution in [1.82, 2.24) is 0 Å². The van der Waals surface area contributed by atoms with Crippen molar-refractivity contribution in [1.29, 1.82) is 0 Å². The van der Waals surface area contributed by atoms with Crippen LogP contribution in [0.3, 0.4) is 0 Å². The first-order valence-corrected chi connectivity index (χ1v) is 10.5. The number of hydrogen-bond acceptors (Lipinski definition) is 2. The highest BCUT2D eigenvalue weighted by Crippen LogP contribution is 2.33. The smallest absolute Gasteiger partial charge is 0.165 e. The molecule has 1 aliphatic rings. The molecule has 0 aromatic heterocycles. The van der Waals surface area contributed by atoms with Crippen molar-refractivity contribution in [2.24, 2.45) is 11.8 Å². The van der Waals surface area contributed by atoms with Crippen molar-refractivity contribution in [2.75, 3.05) is 13.2 Å². The highest BCUT2D eigenvalue weighted by atomic mass is 19.1. The second-order valence-electron chi connectivity index (χ2n) is 7.71. The second-order valence-corrected chi connectivity index (χ2v) is 7.71. The number of hydrogen-bond donors (Lipinski definition) is 0. The molecule has 4 heteroatoms. The molecule has 0 heterocycles. The predicted molar refractivity (Wildman–Crippen MR) is 109 cm³/mol. The first-order chi connectivity index (χ1) is 13.6. The van der Waals surface area contributed by atoms with Crippen LogP contribution in [0.1, 0.15) is 52.4 Å². The average molecular weight is 388 g/mol. The first-order valence-electron chi connectivity index (χ1n) is 10.5. The van der Waals surface area contributed by atoms with Gasteiger partial charge in [-0.15, -0.1) is 0 Å². The number of halogens is 2. The lowest BCUT2D eigenvalue weighted by atomic mass is 9.80. The molecule has 0 atom stereocenters. The van der Waals surface area contributed by atoms with Gasteiger partial charge in [-0.3, -0.25) is 0 Å². The molecule has 1 aliphatic carbocycles. The molecule has 0 N–H and O–H groups in total. The first kappa shape index (κ1) is 20.6. The van der Waals surface area contributed by atoms with E-state index < -0.39 is 11.6 Å². The van der Waals surface area contributed by atoms with Gasteiger partial charge in [0.05, 0.1) is 13.2 Å². The molecule has 0 bridgehead atoms. The van der Waals surface area contributed by atoms with Crippen LogP contribution in [0.2, 0.25) is 0 Å². The zero-order chi connectivity index (χ0) is 19.9. The van der Waals surface area contributed by atoms with Crippen molar-refractivity contribution < 1.29 is 18.3 Å². The van der Waals surface area contributed by atoms with Crippen LogP contribution >= 0.6 is 0 Å². The molecule has 1 fully saturated rings. The van der Waals surface area contributed by atoms with Crippen LogP contribution in [0.5, 0.6) is 11.5 Å². The van der Waals surface area contributed by atoms with Crippen LogP contribution in [0, 0.1) is 23.5 Å². The molecule has 152 valence electrons. The summed E-state index contributed by atoms with van der Waals surface area (Å²) in [5.41, 5.74) is 1.23. The third kappa shape index (κ3) is 5.24. The second kappa shape index (κ2) is 9.90. The summed E-state index contributed by atoms with van der Waals surface area (Å²) in [6, 6.07) is 9.49. The van der Waals surface area contributed by atoms with E-state index in [0.717, 1.165) is 18.8 Å². The van der Waals surface area contributed by atoms with E-state index in [4.69, 9.17) is 9.47 Å². The molecule has 1 saturated carbocycles. The van der Waals surface area contributed by atoms with E-state index in [9.17, 15) is 8.78 Å². The van der Waals surface area contributed by atoms with E-state index in [-0.39, 0.29) is 11.5 Å². The fourth-order valence-corrected chi connectivity index (χ4v) is 4.05. The predicted octanol–water partition coefficient (Wildman–Crippen LogP) is 7.02. The monoisotopic (exact) mass is 388 g/mol. The summed E-state index contributed by atoms with van der Waals surface area (Å²) in [7, 11) is 0. The van der Waals surface area contributed by atoms with Crippen LogP contribution < -0.4 is 9.47 Å². The Morgan fingerprint density at radius 1 is 0.786 bits per heavy atom. The summed E-state index contributed by atoms with van der Waals surface area (Å²) >= 11 is 0. The average Bonchev–Trinajstić information content (AvgIpc) is 2.70. The fraction of sp³-hybridized carbons (Fsp3) is 0.500. The maximum absolute atomic E-state index is 14.5. The number of rotatable bonds is 8. The van der Waals surface area contributed by atoms with Crippen LogP contribution in [0.25, 0.3) is 11.1 Å². The molecule has 2 aromatic carbocycles. The fourth-order valence-electron chi connectivity index (χ4n) is 4.05. The van der Waals surface area contributed by atoms with Crippen LogP contribution in [-0.2, 0) is 0 Å². The molecule has 0 spiro atoms. The highest BCUT2D eigenvalue weighted by molar-refractivity contribution is 5.65. The van der Waals surface area contributed by atoms with E-state index in [1.165, 1.54) is 37.8 Å². The lowest BCUT2D eigenvalue weighted by Gasteiger charge is -2.28. The molecule has 0 aliphatic heterocycles. The standard InChI is InChI=1S/C24H30F2O2/c1-3-5-17-6-8-18(9-7-17)16-28-24-13-11-20(15-22(24)26)19-10-12-23(27-4-2)21(25)14-19/h10-15,17-18H,3-9,16H2,1-2H3. The Kier molecular flexibility index (Phi) is 7.30. The zero-order valence-corrected chi connectivity index (χ0v) is 16.8. The largest absolute Gasteiger partial charge is 0.491 e. The van der Waals surface area contributed by atoms with Gasteiger partial charge in [0.15, 0.2) is 23.1 Å². The third-order valence-corrected chi connectivity index (χ3v) is 5.63. The quantitative estimate of drug-likeness (QED) is 0.484. The minimum Gasteiger partial charge on any atom is -0.491 e. The maximum Gasteiger partial charge on any atom is 0.165 e. The number of ether oxygens (including phenoxy) is 2. The Balaban J connectivity index is 1.59. The maximum atomic E-state index is 14.5. The van der Waals surface area contributed by atoms with E-state index in [2.05, 4.69) is 6.92 Å². The van der Waals surface area contributed by atoms with Crippen molar-refractivity contribution in [3.63, 3.8) is 0 Å². The molecular weight excluding hydrogens is 358 g/mol. The Hall–Kier alpha value is -2.10. The van der Waals surface area contributed by atoms with Crippen LogP contribution in [0.15, 0.2) is 36.4 Å². The van der Waals surface area contributed by atoms with Gasteiger partial charge in [0.2, 0.25) is 0 Å². The van der Waals surface area contributed by atoms with E-state index in [1.54, 1.807) is 31.2 Å². The molecule has 0 radical (unpaired) electrons. The Morgan fingerprint density at radius 3 is 1.82 bits per heavy atom. The SMILES string of the molecule is CCCC1CCC(COc2ccc(-c3ccc(OCC)c(F)c3)cc2F)CC1. The zero-order valence-electron chi connectivity index (χ0n) is 16.8. The third-order valence-electron chi connectivity index (χ3n) is 5.63. The Morgan fingerprint density at radius 2 is 1.32 bits per heavy atom. The van der Waals surface area contributed by atoms with E-state index in [1.807, 2.05) is 0 Å². The van der Waals surface area contributed by atoms with Crippen molar-refractivity contribution >= 4 is 0 Å². The molecular formula is C24H30F2O2. The summed E-state index contributed by atoms with van der Waals surface area (Å²) in [5, 5.41) is 0. The lowest BCUT2D eigenvalue weighted by molar-refractivity contribution is 0.174. The summed E-state index contributed by atoms with van der Waals surface area (Å²) in [4.78, 5) is 0. The van der Waals surface area contributed by atoms with Gasteiger partial charge in [-0.2, -0.15) is 0 Å². The normalized spacial score (nSPS) is 19.4. The molecule has 3 rings (SSSR count). The van der Waals surface area contributed by atoms with E-state index >= 15 is 0 Å². The summed E-state index contributed by atoms with van der Waals surface area (Å²) in [5.74, 6) is 0.982. The van der Waals surface area contributed by atoms with Crippen LogP contribution in [0.4, 0.5) is 8.78 Å². The van der Waals surface area contributed by atoms with Gasteiger partial charge < -0.3 is 9.47 Å². The summed E-state index contributed by atoms with van der Waals surface area (Å²) in [6.07, 6.45) is 7.41. The van der Waals surface area contributed by atoms with Crippen molar-refractivity contribution in [2.45, 2.75) is 52.4 Å². The highest BCUT2D eigenvalue weighted by Gasteiger charge is 2.21. The minimum absolute atomic E-state index is 0.209. The molecule has 0 amide bonds. The van der Waals surface area contributed by atoms with Crippen molar-refractivity contribution in [3.05, 3.63) is 48.0 Å². The van der Waals surface area contributed by atoms with Gasteiger partial charge in [-0.1, -0.05) is 44.7 Å². The summed E-state index contributed by atoms with van der Waals surface area (Å²) < 4.78 is 39.6. The molecule has 28 heavy (non-hydrogen) atoms. The molecule has 2 nitrogen and oxygen atoms in total. The molecule has 0 unspecified atom stereocenters. The van der Waals surface area contributed by atoms with Gasteiger partial charge in [0.1, 0.15) is 0 Å². The summed E-state index contributed by atoms with van der Waals surface area (Å²) in [6.45, 7) is 5.01. The van der Waals surface area contributed by atoms with Gasteiger partial charge in [-0.25, -0.2) is 8.78 Å². The van der Waals surface area contributed by atoms with E-state index in [0.29, 0.717) is 30.3 Å².